The molecule has 1 heterocycles. The van der Waals surface area contributed by atoms with Crippen LogP contribution in [0.15, 0.2) is 42.7 Å². The fourth-order valence-corrected chi connectivity index (χ4v) is 4.71. The number of hydrogen-bond acceptors (Lipinski definition) is 2. The molecule has 1 aliphatic rings. The Labute approximate surface area is 165 Å². The van der Waals surface area contributed by atoms with E-state index in [1.165, 1.54) is 61.6 Å². The maximum Gasteiger partial charge on any atom is 0.127 e. The zero-order chi connectivity index (χ0) is 19.1. The summed E-state index contributed by atoms with van der Waals surface area (Å²) in [5.41, 5.74) is 3.86. The lowest BCUT2D eigenvalue weighted by Crippen LogP contribution is -2.19. The molecule has 146 valence electrons. The molecule has 1 unspecified atom stereocenters. The van der Waals surface area contributed by atoms with E-state index >= 15 is 0 Å². The van der Waals surface area contributed by atoms with E-state index in [0.29, 0.717) is 12.5 Å². The molecule has 1 aromatic heterocycles. The fraction of sp³-hybridized carbons (Fsp3) is 0.560. The van der Waals surface area contributed by atoms with Gasteiger partial charge in [0.1, 0.15) is 5.75 Å². The van der Waals surface area contributed by atoms with Crippen molar-refractivity contribution < 1.29 is 4.74 Å². The summed E-state index contributed by atoms with van der Waals surface area (Å²) in [6.07, 6.45) is 13.7. The average Bonchev–Trinajstić information content (AvgIpc) is 2.73. The number of benzene rings is 1. The second-order valence-electron chi connectivity index (χ2n) is 8.10. The van der Waals surface area contributed by atoms with Crippen LogP contribution < -0.4 is 4.74 Å². The Morgan fingerprint density at radius 3 is 2.56 bits per heavy atom. The molecule has 3 rings (SSSR count). The quantitative estimate of drug-likeness (QED) is 0.491. The van der Waals surface area contributed by atoms with Crippen molar-refractivity contribution in [1.82, 2.24) is 4.98 Å². The van der Waals surface area contributed by atoms with Crippen LogP contribution in [0.25, 0.3) is 11.1 Å². The first kappa shape index (κ1) is 19.9. The van der Waals surface area contributed by atoms with Crippen LogP contribution in [-0.2, 0) is 0 Å². The number of aromatic nitrogens is 1. The Morgan fingerprint density at radius 1 is 1.04 bits per heavy atom. The van der Waals surface area contributed by atoms with Crippen molar-refractivity contribution >= 4 is 0 Å². The van der Waals surface area contributed by atoms with Gasteiger partial charge in [-0.1, -0.05) is 64.2 Å². The predicted octanol–water partition coefficient (Wildman–Crippen LogP) is 7.25. The molecule has 1 saturated carbocycles. The molecule has 1 atom stereocenters. The minimum atomic E-state index is 0.538. The van der Waals surface area contributed by atoms with E-state index < -0.39 is 0 Å². The van der Waals surface area contributed by atoms with E-state index in [9.17, 15) is 0 Å². The highest BCUT2D eigenvalue weighted by molar-refractivity contribution is 5.73. The minimum absolute atomic E-state index is 0.538. The fourth-order valence-electron chi connectivity index (χ4n) is 4.71. The summed E-state index contributed by atoms with van der Waals surface area (Å²) in [6.45, 7) is 7.44. The lowest BCUT2D eigenvalue weighted by atomic mass is 9.72. The molecule has 0 amide bonds. The summed E-state index contributed by atoms with van der Waals surface area (Å²) in [5.74, 6) is 3.24. The van der Waals surface area contributed by atoms with Crippen molar-refractivity contribution in [2.24, 2.45) is 11.8 Å². The summed E-state index contributed by atoms with van der Waals surface area (Å²) in [6, 6.07) is 10.6. The zero-order valence-electron chi connectivity index (χ0n) is 17.3. The topological polar surface area (TPSA) is 22.1 Å². The van der Waals surface area contributed by atoms with Crippen molar-refractivity contribution in [1.29, 1.82) is 0 Å². The summed E-state index contributed by atoms with van der Waals surface area (Å²) in [5, 5.41) is 0. The molecule has 0 bridgehead atoms. The molecule has 2 heteroatoms. The monoisotopic (exact) mass is 365 g/mol. The Kier molecular flexibility index (Phi) is 7.32. The largest absolute Gasteiger partial charge is 0.493 e. The molecule has 2 nitrogen and oxygen atoms in total. The van der Waals surface area contributed by atoms with Crippen LogP contribution in [0.3, 0.4) is 0 Å². The number of unbranched alkanes of at least 4 members (excludes halogenated alkanes) is 1. The summed E-state index contributed by atoms with van der Waals surface area (Å²) < 4.78 is 5.90. The van der Waals surface area contributed by atoms with Gasteiger partial charge in [0.2, 0.25) is 0 Å². The lowest BCUT2D eigenvalue weighted by Gasteiger charge is -2.33. The van der Waals surface area contributed by atoms with Gasteiger partial charge in [-0.05, 0) is 60.8 Å². The Hall–Kier alpha value is -1.83. The van der Waals surface area contributed by atoms with E-state index in [4.69, 9.17) is 4.74 Å². The molecule has 0 saturated heterocycles. The highest BCUT2D eigenvalue weighted by Gasteiger charge is 2.27. The number of ether oxygens (including phenoxy) is 1. The van der Waals surface area contributed by atoms with Crippen LogP contribution in [0, 0.1) is 11.8 Å². The highest BCUT2D eigenvalue weighted by Crippen LogP contribution is 2.43. The van der Waals surface area contributed by atoms with Gasteiger partial charge in [0.25, 0.3) is 0 Å². The van der Waals surface area contributed by atoms with Gasteiger partial charge in [-0.2, -0.15) is 0 Å². The third-order valence-corrected chi connectivity index (χ3v) is 6.38. The van der Waals surface area contributed by atoms with E-state index in [1.807, 2.05) is 13.1 Å². The van der Waals surface area contributed by atoms with Crippen LogP contribution in [0.4, 0.5) is 0 Å². The van der Waals surface area contributed by atoms with Gasteiger partial charge in [0, 0.05) is 18.0 Å². The molecule has 1 aliphatic carbocycles. The third-order valence-electron chi connectivity index (χ3n) is 6.38. The summed E-state index contributed by atoms with van der Waals surface area (Å²) in [7, 11) is 0. The van der Waals surface area contributed by atoms with Crippen molar-refractivity contribution in [3.05, 3.63) is 48.3 Å². The summed E-state index contributed by atoms with van der Waals surface area (Å²) >= 11 is 0. The number of nitrogens with zero attached hydrogens (tertiary/aromatic N) is 1. The van der Waals surface area contributed by atoms with Crippen molar-refractivity contribution in [3.63, 3.8) is 0 Å². The van der Waals surface area contributed by atoms with E-state index in [1.54, 1.807) is 0 Å². The van der Waals surface area contributed by atoms with Gasteiger partial charge in [-0.15, -0.1) is 0 Å². The standard InChI is InChI=1S/C25H35NO/c1-4-6-9-20-12-14-21(15-13-20)19(3)24-18-26-17-16-22(24)23-10-7-8-11-25(23)27-5-2/h7-8,10-11,16-21H,4-6,9,12-15H2,1-3H3. The van der Waals surface area contributed by atoms with Gasteiger partial charge in [-0.25, -0.2) is 0 Å². The predicted molar refractivity (Wildman–Crippen MR) is 114 cm³/mol. The van der Waals surface area contributed by atoms with Gasteiger partial charge in [-0.3, -0.25) is 4.98 Å². The Morgan fingerprint density at radius 2 is 1.81 bits per heavy atom. The molecular formula is C25H35NO. The third kappa shape index (κ3) is 4.91. The first-order valence-corrected chi connectivity index (χ1v) is 10.9. The number of pyridine rings is 1. The zero-order valence-corrected chi connectivity index (χ0v) is 17.3. The molecule has 27 heavy (non-hydrogen) atoms. The molecule has 2 aromatic rings. The van der Waals surface area contributed by atoms with Crippen LogP contribution in [0.2, 0.25) is 0 Å². The summed E-state index contributed by atoms with van der Waals surface area (Å²) in [4.78, 5) is 4.48. The molecule has 1 fully saturated rings. The molecular weight excluding hydrogens is 330 g/mol. The lowest BCUT2D eigenvalue weighted by molar-refractivity contribution is 0.237. The minimum Gasteiger partial charge on any atom is -0.493 e. The molecule has 0 radical (unpaired) electrons. The maximum atomic E-state index is 5.90. The van der Waals surface area contributed by atoms with E-state index in [-0.39, 0.29) is 0 Å². The van der Waals surface area contributed by atoms with Gasteiger partial charge in [0.15, 0.2) is 0 Å². The highest BCUT2D eigenvalue weighted by atomic mass is 16.5. The smallest absolute Gasteiger partial charge is 0.127 e. The maximum absolute atomic E-state index is 5.90. The van der Waals surface area contributed by atoms with Crippen LogP contribution in [-0.4, -0.2) is 11.6 Å². The van der Waals surface area contributed by atoms with Crippen LogP contribution >= 0.6 is 0 Å². The van der Waals surface area contributed by atoms with Crippen LogP contribution in [0.5, 0.6) is 5.75 Å². The Bertz CT molecular complexity index is 703. The first-order chi connectivity index (χ1) is 13.2. The number of para-hydroxylation sites is 1. The van der Waals surface area contributed by atoms with Gasteiger partial charge >= 0.3 is 0 Å². The normalized spacial score (nSPS) is 21.0. The average molecular weight is 366 g/mol. The number of rotatable bonds is 8. The number of hydrogen-bond donors (Lipinski definition) is 0. The first-order valence-electron chi connectivity index (χ1n) is 10.9. The van der Waals surface area contributed by atoms with Crippen LogP contribution in [0.1, 0.15) is 77.2 Å². The molecule has 0 spiro atoms. The van der Waals surface area contributed by atoms with Crippen molar-refractivity contribution in [2.45, 2.75) is 71.6 Å². The van der Waals surface area contributed by atoms with Gasteiger partial charge < -0.3 is 4.74 Å². The second-order valence-corrected chi connectivity index (χ2v) is 8.10. The molecule has 1 aromatic carbocycles. The van der Waals surface area contributed by atoms with Crippen molar-refractivity contribution in [3.8, 4) is 16.9 Å². The van der Waals surface area contributed by atoms with Crippen molar-refractivity contribution in [2.75, 3.05) is 6.61 Å². The Balaban J connectivity index is 1.78. The second kappa shape index (κ2) is 9.92. The molecule has 0 N–H and O–H groups in total. The molecule has 0 aliphatic heterocycles. The van der Waals surface area contributed by atoms with Gasteiger partial charge in [0.05, 0.1) is 6.61 Å². The van der Waals surface area contributed by atoms with E-state index in [0.717, 1.165) is 17.6 Å². The SMILES string of the molecule is CCCCC1CCC(C(C)c2cnccc2-c2ccccc2OCC)CC1. The van der Waals surface area contributed by atoms with E-state index in [2.05, 4.69) is 55.4 Å².